The van der Waals surface area contributed by atoms with Crippen molar-refractivity contribution >= 4 is 0 Å². The molecule has 3 nitrogen and oxygen atoms in total. The SMILES string of the molecule is CCCNCc1ccc(Oc2ccccc2OC)cc1. The van der Waals surface area contributed by atoms with Crippen molar-refractivity contribution in [1.82, 2.24) is 5.32 Å². The molecule has 0 heterocycles. The molecule has 2 aromatic rings. The standard InChI is InChI=1S/C17H21NO2/c1-3-12-18-13-14-8-10-15(11-9-14)20-17-7-5-4-6-16(17)19-2/h4-11,18H,3,12-13H2,1-2H3. The Hall–Kier alpha value is -2.00. The largest absolute Gasteiger partial charge is 0.493 e. The first-order valence-electron chi connectivity index (χ1n) is 6.94. The molecule has 0 radical (unpaired) electrons. The predicted molar refractivity (Wildman–Crippen MR) is 81.5 cm³/mol. The summed E-state index contributed by atoms with van der Waals surface area (Å²) in [5.41, 5.74) is 1.26. The van der Waals surface area contributed by atoms with Crippen molar-refractivity contribution in [1.29, 1.82) is 0 Å². The van der Waals surface area contributed by atoms with E-state index in [1.165, 1.54) is 5.56 Å². The van der Waals surface area contributed by atoms with Gasteiger partial charge in [-0.25, -0.2) is 0 Å². The van der Waals surface area contributed by atoms with Crippen LogP contribution >= 0.6 is 0 Å². The van der Waals surface area contributed by atoms with Gasteiger partial charge in [0.15, 0.2) is 11.5 Å². The molecule has 20 heavy (non-hydrogen) atoms. The summed E-state index contributed by atoms with van der Waals surface area (Å²) in [6.07, 6.45) is 1.15. The van der Waals surface area contributed by atoms with Gasteiger partial charge in [0.2, 0.25) is 0 Å². The van der Waals surface area contributed by atoms with Crippen LogP contribution in [0.2, 0.25) is 0 Å². The Balaban J connectivity index is 1.99. The van der Waals surface area contributed by atoms with Crippen LogP contribution in [0, 0.1) is 0 Å². The predicted octanol–water partition coefficient (Wildman–Crippen LogP) is 3.99. The molecule has 0 spiro atoms. The van der Waals surface area contributed by atoms with E-state index in [1.54, 1.807) is 7.11 Å². The minimum Gasteiger partial charge on any atom is -0.493 e. The van der Waals surface area contributed by atoms with Gasteiger partial charge in [-0.1, -0.05) is 31.2 Å². The van der Waals surface area contributed by atoms with E-state index in [0.717, 1.165) is 36.8 Å². The van der Waals surface area contributed by atoms with Crippen LogP contribution in [0.3, 0.4) is 0 Å². The van der Waals surface area contributed by atoms with E-state index >= 15 is 0 Å². The molecule has 0 aliphatic heterocycles. The zero-order valence-electron chi connectivity index (χ0n) is 12.1. The van der Waals surface area contributed by atoms with Crippen molar-refractivity contribution in [3.63, 3.8) is 0 Å². The van der Waals surface area contributed by atoms with Crippen LogP contribution in [0.5, 0.6) is 17.2 Å². The van der Waals surface area contributed by atoms with E-state index in [1.807, 2.05) is 36.4 Å². The average molecular weight is 271 g/mol. The van der Waals surface area contributed by atoms with Gasteiger partial charge < -0.3 is 14.8 Å². The average Bonchev–Trinajstić information content (AvgIpc) is 2.50. The monoisotopic (exact) mass is 271 g/mol. The van der Waals surface area contributed by atoms with Gasteiger partial charge in [-0.15, -0.1) is 0 Å². The Labute approximate surface area is 120 Å². The summed E-state index contributed by atoms with van der Waals surface area (Å²) >= 11 is 0. The van der Waals surface area contributed by atoms with Gasteiger partial charge in [0.05, 0.1) is 7.11 Å². The van der Waals surface area contributed by atoms with Crippen LogP contribution in [0.15, 0.2) is 48.5 Å². The first kappa shape index (κ1) is 14.4. The molecule has 0 bridgehead atoms. The van der Waals surface area contributed by atoms with Gasteiger partial charge >= 0.3 is 0 Å². The maximum absolute atomic E-state index is 5.84. The second-order valence-corrected chi connectivity index (χ2v) is 4.57. The fourth-order valence-corrected chi connectivity index (χ4v) is 1.91. The first-order valence-corrected chi connectivity index (χ1v) is 6.94. The fraction of sp³-hybridized carbons (Fsp3) is 0.294. The summed E-state index contributed by atoms with van der Waals surface area (Å²) < 4.78 is 11.1. The van der Waals surface area contributed by atoms with Gasteiger partial charge in [-0.3, -0.25) is 0 Å². The first-order chi connectivity index (χ1) is 9.83. The third-order valence-corrected chi connectivity index (χ3v) is 2.98. The minimum atomic E-state index is 0.729. The number of hydrogen-bond donors (Lipinski definition) is 1. The number of para-hydroxylation sites is 2. The molecule has 0 amide bonds. The van der Waals surface area contributed by atoms with Crippen LogP contribution in [-0.4, -0.2) is 13.7 Å². The van der Waals surface area contributed by atoms with Crippen molar-refractivity contribution in [2.45, 2.75) is 19.9 Å². The lowest BCUT2D eigenvalue weighted by Gasteiger charge is -2.10. The van der Waals surface area contributed by atoms with Crippen LogP contribution < -0.4 is 14.8 Å². The van der Waals surface area contributed by atoms with Crippen molar-refractivity contribution in [2.75, 3.05) is 13.7 Å². The fourth-order valence-electron chi connectivity index (χ4n) is 1.91. The molecule has 0 saturated heterocycles. The molecule has 1 N–H and O–H groups in total. The highest BCUT2D eigenvalue weighted by atomic mass is 16.5. The Bertz CT molecular complexity index is 523. The Morgan fingerprint density at radius 3 is 2.30 bits per heavy atom. The highest BCUT2D eigenvalue weighted by Gasteiger charge is 2.04. The lowest BCUT2D eigenvalue weighted by Crippen LogP contribution is -2.13. The summed E-state index contributed by atoms with van der Waals surface area (Å²) in [6.45, 7) is 4.10. The van der Waals surface area contributed by atoms with Gasteiger partial charge in [-0.05, 0) is 42.8 Å². The van der Waals surface area contributed by atoms with E-state index in [-0.39, 0.29) is 0 Å². The zero-order valence-corrected chi connectivity index (χ0v) is 12.1. The van der Waals surface area contributed by atoms with Crippen molar-refractivity contribution in [3.8, 4) is 17.2 Å². The Kier molecular flexibility index (Phi) is 5.44. The molecular formula is C17H21NO2. The molecule has 0 aliphatic rings. The minimum absolute atomic E-state index is 0.729. The van der Waals surface area contributed by atoms with Crippen LogP contribution in [-0.2, 0) is 6.54 Å². The van der Waals surface area contributed by atoms with E-state index in [4.69, 9.17) is 9.47 Å². The lowest BCUT2D eigenvalue weighted by atomic mass is 10.2. The van der Waals surface area contributed by atoms with Crippen LogP contribution in [0.4, 0.5) is 0 Å². The van der Waals surface area contributed by atoms with E-state index < -0.39 is 0 Å². The summed E-state index contributed by atoms with van der Waals surface area (Å²) in [6, 6.07) is 15.8. The highest BCUT2D eigenvalue weighted by Crippen LogP contribution is 2.30. The van der Waals surface area contributed by atoms with E-state index in [9.17, 15) is 0 Å². The van der Waals surface area contributed by atoms with Crippen molar-refractivity contribution < 1.29 is 9.47 Å². The second-order valence-electron chi connectivity index (χ2n) is 4.57. The Morgan fingerprint density at radius 1 is 0.950 bits per heavy atom. The van der Waals surface area contributed by atoms with Crippen molar-refractivity contribution in [3.05, 3.63) is 54.1 Å². The van der Waals surface area contributed by atoms with Gasteiger partial charge in [0.25, 0.3) is 0 Å². The van der Waals surface area contributed by atoms with E-state index in [0.29, 0.717) is 0 Å². The topological polar surface area (TPSA) is 30.5 Å². The highest BCUT2D eigenvalue weighted by molar-refractivity contribution is 5.42. The van der Waals surface area contributed by atoms with Gasteiger partial charge in [0.1, 0.15) is 5.75 Å². The van der Waals surface area contributed by atoms with Gasteiger partial charge in [-0.2, -0.15) is 0 Å². The molecule has 0 aromatic heterocycles. The van der Waals surface area contributed by atoms with Gasteiger partial charge in [0, 0.05) is 6.54 Å². The lowest BCUT2D eigenvalue weighted by molar-refractivity contribution is 0.379. The molecule has 0 aliphatic carbocycles. The molecule has 3 heteroatoms. The Morgan fingerprint density at radius 2 is 1.65 bits per heavy atom. The van der Waals surface area contributed by atoms with Crippen molar-refractivity contribution in [2.24, 2.45) is 0 Å². The maximum Gasteiger partial charge on any atom is 0.169 e. The molecule has 2 aromatic carbocycles. The smallest absolute Gasteiger partial charge is 0.169 e. The zero-order chi connectivity index (χ0) is 14.2. The third kappa shape index (κ3) is 4.00. The molecular weight excluding hydrogens is 250 g/mol. The molecule has 2 rings (SSSR count). The summed E-state index contributed by atoms with van der Waals surface area (Å²) in [5, 5.41) is 3.38. The summed E-state index contributed by atoms with van der Waals surface area (Å²) in [7, 11) is 1.64. The second kappa shape index (κ2) is 7.56. The number of benzene rings is 2. The summed E-state index contributed by atoms with van der Waals surface area (Å²) in [5.74, 6) is 2.28. The third-order valence-electron chi connectivity index (χ3n) is 2.98. The molecule has 106 valence electrons. The number of methoxy groups -OCH3 is 1. The molecule has 0 fully saturated rings. The quantitative estimate of drug-likeness (QED) is 0.772. The van der Waals surface area contributed by atoms with Crippen LogP contribution in [0.1, 0.15) is 18.9 Å². The summed E-state index contributed by atoms with van der Waals surface area (Å²) in [4.78, 5) is 0. The maximum atomic E-state index is 5.84. The van der Waals surface area contributed by atoms with Crippen LogP contribution in [0.25, 0.3) is 0 Å². The number of nitrogens with one attached hydrogen (secondary N) is 1. The normalized spacial score (nSPS) is 10.3. The number of hydrogen-bond acceptors (Lipinski definition) is 3. The molecule has 0 unspecified atom stereocenters. The van der Waals surface area contributed by atoms with E-state index in [2.05, 4.69) is 24.4 Å². The number of rotatable bonds is 7. The molecule has 0 atom stereocenters. The molecule has 0 saturated carbocycles. The number of ether oxygens (including phenoxy) is 2.